The Bertz CT molecular complexity index is 849. The molecule has 0 radical (unpaired) electrons. The van der Waals surface area contributed by atoms with Gasteiger partial charge in [0.2, 0.25) is 0 Å². The first kappa shape index (κ1) is 18.0. The predicted octanol–water partition coefficient (Wildman–Crippen LogP) is 3.33. The monoisotopic (exact) mass is 354 g/mol. The Labute approximate surface area is 152 Å². The Morgan fingerprint density at radius 2 is 1.96 bits per heavy atom. The highest BCUT2D eigenvalue weighted by Crippen LogP contribution is 2.45. The first-order valence-corrected chi connectivity index (χ1v) is 8.38. The third-order valence-corrected chi connectivity index (χ3v) is 4.83. The average molecular weight is 354 g/mol. The minimum absolute atomic E-state index is 0.0749. The van der Waals surface area contributed by atoms with E-state index in [1.807, 2.05) is 19.9 Å². The van der Waals surface area contributed by atoms with Gasteiger partial charge in [0.15, 0.2) is 5.78 Å². The summed E-state index contributed by atoms with van der Waals surface area (Å²) in [6.07, 6.45) is 2.86. The number of fused-ring (bicyclic) bond motifs is 1. The van der Waals surface area contributed by atoms with Gasteiger partial charge in [-0.3, -0.25) is 4.79 Å². The van der Waals surface area contributed by atoms with Crippen LogP contribution in [0.4, 0.5) is 0 Å². The van der Waals surface area contributed by atoms with E-state index in [4.69, 9.17) is 9.47 Å². The summed E-state index contributed by atoms with van der Waals surface area (Å²) in [5.41, 5.74) is 1.87. The molecule has 2 aromatic rings. The lowest BCUT2D eigenvalue weighted by molar-refractivity contribution is 0.0887. The quantitative estimate of drug-likeness (QED) is 0.636. The van der Waals surface area contributed by atoms with E-state index in [-0.39, 0.29) is 29.7 Å². The molecule has 1 aliphatic heterocycles. The van der Waals surface area contributed by atoms with Gasteiger partial charge in [0.1, 0.15) is 23.4 Å². The van der Waals surface area contributed by atoms with Gasteiger partial charge in [-0.2, -0.15) is 0 Å². The Morgan fingerprint density at radius 3 is 2.58 bits per heavy atom. The topological polar surface area (TPSA) is 76.0 Å². The highest BCUT2D eigenvalue weighted by Gasteiger charge is 2.41. The maximum absolute atomic E-state index is 12.3. The Hall–Kier alpha value is -2.79. The number of rotatable bonds is 5. The molecule has 0 saturated carbocycles. The van der Waals surface area contributed by atoms with Crippen LogP contribution in [0.5, 0.6) is 17.2 Å². The Kier molecular flexibility index (Phi) is 4.74. The van der Waals surface area contributed by atoms with Crippen LogP contribution in [0.25, 0.3) is 6.08 Å². The van der Waals surface area contributed by atoms with Crippen molar-refractivity contribution in [2.45, 2.75) is 25.4 Å². The summed E-state index contributed by atoms with van der Waals surface area (Å²) in [6, 6.07) is 9.83. The number of hydrogen-bond donors (Lipinski definition) is 2. The van der Waals surface area contributed by atoms with Gasteiger partial charge in [-0.05, 0) is 42.5 Å². The van der Waals surface area contributed by atoms with Crippen molar-refractivity contribution >= 4 is 11.9 Å². The van der Waals surface area contributed by atoms with E-state index in [0.29, 0.717) is 17.1 Å². The van der Waals surface area contributed by atoms with Crippen molar-refractivity contribution in [2.75, 3.05) is 13.7 Å². The molecule has 0 bridgehead atoms. The number of aliphatic hydroxyl groups is 1. The molecular formula is C21H22O5. The van der Waals surface area contributed by atoms with E-state index in [1.54, 1.807) is 31.4 Å². The van der Waals surface area contributed by atoms with Crippen LogP contribution in [0.15, 0.2) is 42.5 Å². The number of hydrogen-bond acceptors (Lipinski definition) is 5. The molecule has 1 aliphatic rings. The average Bonchev–Trinajstić information content (AvgIpc) is 2.89. The van der Waals surface area contributed by atoms with Crippen LogP contribution in [0.3, 0.4) is 0 Å². The Morgan fingerprint density at radius 1 is 1.27 bits per heavy atom. The number of benzene rings is 2. The zero-order chi connectivity index (χ0) is 18.9. The summed E-state index contributed by atoms with van der Waals surface area (Å²) in [5.74, 6) is 1.23. The van der Waals surface area contributed by atoms with Crippen molar-refractivity contribution in [3.63, 3.8) is 0 Å². The number of aromatic hydroxyl groups is 1. The predicted molar refractivity (Wildman–Crippen MR) is 99.0 cm³/mol. The molecule has 0 fully saturated rings. The van der Waals surface area contributed by atoms with Crippen LogP contribution in [0.2, 0.25) is 0 Å². The van der Waals surface area contributed by atoms with Gasteiger partial charge in [-0.25, -0.2) is 0 Å². The van der Waals surface area contributed by atoms with E-state index in [2.05, 4.69) is 0 Å². The lowest BCUT2D eigenvalue weighted by Crippen LogP contribution is -2.35. The van der Waals surface area contributed by atoms with Crippen molar-refractivity contribution < 1.29 is 24.5 Å². The van der Waals surface area contributed by atoms with Crippen LogP contribution in [0, 0.1) is 0 Å². The molecule has 0 saturated heterocycles. The third-order valence-electron chi connectivity index (χ3n) is 4.83. The molecule has 2 aromatic carbocycles. The highest BCUT2D eigenvalue weighted by atomic mass is 16.5. The lowest BCUT2D eigenvalue weighted by atomic mass is 9.80. The number of carbonyl (C=O) groups excluding carboxylic acids is 1. The van der Waals surface area contributed by atoms with Gasteiger partial charge < -0.3 is 19.7 Å². The van der Waals surface area contributed by atoms with Crippen LogP contribution in [-0.4, -0.2) is 35.8 Å². The summed E-state index contributed by atoms with van der Waals surface area (Å²) in [4.78, 5) is 12.3. The van der Waals surface area contributed by atoms with E-state index in [9.17, 15) is 15.0 Å². The van der Waals surface area contributed by atoms with Crippen LogP contribution < -0.4 is 9.47 Å². The number of phenolic OH excluding ortho intramolecular Hbond substituents is 1. The number of ketones is 1. The van der Waals surface area contributed by atoms with E-state index >= 15 is 0 Å². The SMILES string of the molecule is COc1cc2c(cc1/C=C/C(=O)c1ccc(O)cc1)C(C)(C)C(CO)O2. The molecule has 5 nitrogen and oxygen atoms in total. The number of phenols is 1. The van der Waals surface area contributed by atoms with Crippen molar-refractivity contribution in [1.29, 1.82) is 0 Å². The molecule has 1 heterocycles. The van der Waals surface area contributed by atoms with Crippen LogP contribution >= 0.6 is 0 Å². The van der Waals surface area contributed by atoms with Crippen molar-refractivity contribution in [2.24, 2.45) is 0 Å². The molecule has 3 rings (SSSR count). The number of methoxy groups -OCH3 is 1. The molecule has 0 aliphatic carbocycles. The fourth-order valence-electron chi connectivity index (χ4n) is 3.11. The molecule has 0 spiro atoms. The molecular weight excluding hydrogens is 332 g/mol. The van der Waals surface area contributed by atoms with E-state index < -0.39 is 0 Å². The minimum Gasteiger partial charge on any atom is -0.508 e. The van der Waals surface area contributed by atoms with Gasteiger partial charge in [-0.1, -0.05) is 13.8 Å². The zero-order valence-electron chi connectivity index (χ0n) is 15.0. The summed E-state index contributed by atoms with van der Waals surface area (Å²) in [5, 5.41) is 18.9. The molecule has 26 heavy (non-hydrogen) atoms. The molecule has 1 unspecified atom stereocenters. The normalized spacial score (nSPS) is 17.8. The van der Waals surface area contributed by atoms with Gasteiger partial charge >= 0.3 is 0 Å². The van der Waals surface area contributed by atoms with Gasteiger partial charge in [0.25, 0.3) is 0 Å². The highest BCUT2D eigenvalue weighted by molar-refractivity contribution is 6.07. The number of ether oxygens (including phenoxy) is 2. The van der Waals surface area contributed by atoms with Crippen LogP contribution in [0.1, 0.15) is 35.3 Å². The van der Waals surface area contributed by atoms with E-state index in [1.165, 1.54) is 18.2 Å². The maximum atomic E-state index is 12.3. The fourth-order valence-corrected chi connectivity index (χ4v) is 3.11. The number of carbonyl (C=O) groups is 1. The second kappa shape index (κ2) is 6.84. The first-order chi connectivity index (χ1) is 12.4. The molecule has 5 heteroatoms. The largest absolute Gasteiger partial charge is 0.508 e. The van der Waals surface area contributed by atoms with E-state index in [0.717, 1.165) is 11.1 Å². The molecule has 1 atom stereocenters. The van der Waals surface area contributed by atoms with Gasteiger partial charge in [-0.15, -0.1) is 0 Å². The molecule has 2 N–H and O–H groups in total. The number of aliphatic hydroxyl groups excluding tert-OH is 1. The van der Waals surface area contributed by atoms with Gasteiger partial charge in [0.05, 0.1) is 13.7 Å². The second-order valence-electron chi connectivity index (χ2n) is 6.85. The first-order valence-electron chi connectivity index (χ1n) is 8.38. The standard InChI is InChI=1S/C21H22O5/c1-21(2)16-10-14(18(25-3)11-19(16)26-20(21)12-22)6-9-17(24)13-4-7-15(23)8-5-13/h4-11,20,22-23H,12H2,1-3H3/b9-6+. The smallest absolute Gasteiger partial charge is 0.185 e. The lowest BCUT2D eigenvalue weighted by Gasteiger charge is -2.24. The van der Waals surface area contributed by atoms with Crippen molar-refractivity contribution in [3.05, 3.63) is 59.2 Å². The van der Waals surface area contributed by atoms with Crippen LogP contribution in [-0.2, 0) is 5.41 Å². The van der Waals surface area contributed by atoms with Gasteiger partial charge in [0, 0.05) is 28.2 Å². The molecule has 0 aromatic heterocycles. The summed E-state index contributed by atoms with van der Waals surface area (Å²) in [7, 11) is 1.56. The fraction of sp³-hybridized carbons (Fsp3) is 0.286. The number of allylic oxidation sites excluding steroid dienone is 1. The molecule has 136 valence electrons. The second-order valence-corrected chi connectivity index (χ2v) is 6.85. The summed E-state index contributed by atoms with van der Waals surface area (Å²) >= 11 is 0. The summed E-state index contributed by atoms with van der Waals surface area (Å²) < 4.78 is 11.3. The Balaban J connectivity index is 1.93. The van der Waals surface area contributed by atoms with Crippen molar-refractivity contribution in [1.82, 2.24) is 0 Å². The minimum atomic E-state index is -0.347. The third kappa shape index (κ3) is 3.18. The summed E-state index contributed by atoms with van der Waals surface area (Å²) in [6.45, 7) is 3.96. The maximum Gasteiger partial charge on any atom is 0.185 e. The molecule has 0 amide bonds. The van der Waals surface area contributed by atoms with Crippen molar-refractivity contribution in [3.8, 4) is 17.2 Å². The zero-order valence-corrected chi connectivity index (χ0v) is 15.0.